The van der Waals surface area contributed by atoms with E-state index in [4.69, 9.17) is 0 Å². The average Bonchev–Trinajstić information content (AvgIpc) is 2.85. The molecular weight excluding hydrogens is 242 g/mol. The molecule has 1 aliphatic heterocycles. The molecule has 1 aromatic heterocycles. The lowest BCUT2D eigenvalue weighted by Crippen LogP contribution is -2.32. The predicted molar refractivity (Wildman–Crippen MR) is 70.8 cm³/mol. The molecule has 1 saturated heterocycles. The first-order valence-electron chi connectivity index (χ1n) is 6.99. The van der Waals surface area contributed by atoms with E-state index in [0.29, 0.717) is 17.5 Å². The Labute approximate surface area is 112 Å². The Kier molecular flexibility index (Phi) is 3.12. The fourth-order valence-corrected chi connectivity index (χ4v) is 3.35. The highest BCUT2D eigenvalue weighted by atomic mass is 16.2. The maximum Gasteiger partial charge on any atom is 0.274 e. The summed E-state index contributed by atoms with van der Waals surface area (Å²) in [5.74, 6) is 1.31. The van der Waals surface area contributed by atoms with Crippen LogP contribution in [0.25, 0.3) is 0 Å². The van der Waals surface area contributed by atoms with Crippen LogP contribution in [0.5, 0.6) is 0 Å². The monoisotopic (exact) mass is 261 g/mol. The third-order valence-corrected chi connectivity index (χ3v) is 4.44. The molecule has 1 amide bonds. The van der Waals surface area contributed by atoms with E-state index in [-0.39, 0.29) is 11.5 Å². The summed E-state index contributed by atoms with van der Waals surface area (Å²) in [5, 5.41) is 4.05. The lowest BCUT2D eigenvalue weighted by atomic mass is 9.82. The smallest absolute Gasteiger partial charge is 0.274 e. The maximum atomic E-state index is 12.4. The first-order chi connectivity index (χ1) is 9.15. The molecule has 1 aliphatic carbocycles. The lowest BCUT2D eigenvalue weighted by Gasteiger charge is -2.22. The van der Waals surface area contributed by atoms with Crippen LogP contribution in [0.1, 0.15) is 36.2 Å². The average molecular weight is 261 g/mol. The van der Waals surface area contributed by atoms with Crippen molar-refractivity contribution in [3.05, 3.63) is 28.2 Å². The van der Waals surface area contributed by atoms with Crippen molar-refractivity contribution in [3.63, 3.8) is 0 Å². The maximum absolute atomic E-state index is 12.4. The van der Waals surface area contributed by atoms with Crippen molar-refractivity contribution < 1.29 is 4.79 Å². The van der Waals surface area contributed by atoms with Crippen molar-refractivity contribution in [2.24, 2.45) is 18.9 Å². The largest absolute Gasteiger partial charge is 0.337 e. The van der Waals surface area contributed by atoms with E-state index >= 15 is 0 Å². The molecule has 0 spiro atoms. The molecule has 102 valence electrons. The zero-order valence-corrected chi connectivity index (χ0v) is 11.2. The Bertz CT molecular complexity index is 538. The highest BCUT2D eigenvalue weighted by molar-refractivity contribution is 5.92. The summed E-state index contributed by atoms with van der Waals surface area (Å²) >= 11 is 0. The molecule has 1 saturated carbocycles. The van der Waals surface area contributed by atoms with Crippen LogP contribution in [0.2, 0.25) is 0 Å². The Balaban J connectivity index is 1.77. The Morgan fingerprint density at radius 2 is 1.84 bits per heavy atom. The van der Waals surface area contributed by atoms with E-state index in [1.165, 1.54) is 42.5 Å². The standard InChI is InChI=1S/C14H19N3O2/c1-16-13(18)7-6-12(15-16)14(19)17-8-10-4-2-3-5-11(10)9-17/h6-7,10-11H,2-5,8-9H2,1H3. The number of nitrogens with zero attached hydrogens (tertiary/aromatic N) is 3. The Hall–Kier alpha value is -1.65. The molecule has 5 nitrogen and oxygen atoms in total. The number of rotatable bonds is 1. The van der Waals surface area contributed by atoms with Gasteiger partial charge in [-0.2, -0.15) is 5.10 Å². The first-order valence-corrected chi connectivity index (χ1v) is 6.99. The zero-order valence-electron chi connectivity index (χ0n) is 11.2. The number of carbonyl (C=O) groups is 1. The highest BCUT2D eigenvalue weighted by Gasteiger charge is 2.37. The number of hydrogen-bond acceptors (Lipinski definition) is 3. The number of fused-ring (bicyclic) bond motifs is 1. The molecule has 5 heteroatoms. The third-order valence-electron chi connectivity index (χ3n) is 4.44. The van der Waals surface area contributed by atoms with Crippen molar-refractivity contribution in [3.8, 4) is 0 Å². The fourth-order valence-electron chi connectivity index (χ4n) is 3.35. The van der Waals surface area contributed by atoms with Crippen LogP contribution >= 0.6 is 0 Å². The van der Waals surface area contributed by atoms with Crippen LogP contribution in [0, 0.1) is 11.8 Å². The summed E-state index contributed by atoms with van der Waals surface area (Å²) in [5.41, 5.74) is 0.187. The van der Waals surface area contributed by atoms with Crippen LogP contribution in [0.4, 0.5) is 0 Å². The van der Waals surface area contributed by atoms with Crippen LogP contribution in [-0.2, 0) is 7.05 Å². The van der Waals surface area contributed by atoms with Gasteiger partial charge in [0, 0.05) is 26.2 Å². The number of aryl methyl sites for hydroxylation is 1. The van der Waals surface area contributed by atoms with Crippen molar-refractivity contribution in [2.75, 3.05) is 13.1 Å². The van der Waals surface area contributed by atoms with E-state index in [0.717, 1.165) is 13.1 Å². The molecule has 2 atom stereocenters. The topological polar surface area (TPSA) is 55.2 Å². The van der Waals surface area contributed by atoms with Gasteiger partial charge in [-0.25, -0.2) is 4.68 Å². The van der Waals surface area contributed by atoms with Crippen molar-refractivity contribution in [1.29, 1.82) is 0 Å². The molecule has 0 bridgehead atoms. The molecule has 0 aromatic carbocycles. The normalized spacial score (nSPS) is 26.3. The molecule has 2 unspecified atom stereocenters. The highest BCUT2D eigenvalue weighted by Crippen LogP contribution is 2.36. The van der Waals surface area contributed by atoms with Gasteiger partial charge in [-0.1, -0.05) is 12.8 Å². The molecular formula is C14H19N3O2. The van der Waals surface area contributed by atoms with Crippen LogP contribution in [0.3, 0.4) is 0 Å². The molecule has 19 heavy (non-hydrogen) atoms. The summed E-state index contributed by atoms with van der Waals surface area (Å²) in [6.07, 6.45) is 5.08. The summed E-state index contributed by atoms with van der Waals surface area (Å²) in [6, 6.07) is 2.94. The van der Waals surface area contributed by atoms with E-state index in [1.807, 2.05) is 4.90 Å². The summed E-state index contributed by atoms with van der Waals surface area (Å²) in [7, 11) is 1.57. The Morgan fingerprint density at radius 3 is 2.42 bits per heavy atom. The molecule has 2 fully saturated rings. The van der Waals surface area contributed by atoms with Gasteiger partial charge in [0.05, 0.1) is 0 Å². The second kappa shape index (κ2) is 4.79. The lowest BCUT2D eigenvalue weighted by molar-refractivity contribution is 0.0775. The van der Waals surface area contributed by atoms with Crippen molar-refractivity contribution in [1.82, 2.24) is 14.7 Å². The number of amides is 1. The number of hydrogen-bond donors (Lipinski definition) is 0. The second-order valence-corrected chi connectivity index (χ2v) is 5.70. The number of aromatic nitrogens is 2. The minimum Gasteiger partial charge on any atom is -0.337 e. The van der Waals surface area contributed by atoms with Gasteiger partial charge in [0.2, 0.25) is 0 Å². The predicted octanol–water partition coefficient (Wildman–Crippen LogP) is 1.04. The van der Waals surface area contributed by atoms with Gasteiger partial charge in [-0.15, -0.1) is 0 Å². The van der Waals surface area contributed by atoms with Crippen molar-refractivity contribution >= 4 is 5.91 Å². The Morgan fingerprint density at radius 1 is 1.21 bits per heavy atom. The summed E-state index contributed by atoms with van der Waals surface area (Å²) in [6.45, 7) is 1.71. The van der Waals surface area contributed by atoms with Crippen molar-refractivity contribution in [2.45, 2.75) is 25.7 Å². The molecule has 0 N–H and O–H groups in total. The summed E-state index contributed by atoms with van der Waals surface area (Å²) in [4.78, 5) is 25.6. The van der Waals surface area contributed by atoms with Gasteiger partial charge in [-0.3, -0.25) is 9.59 Å². The van der Waals surface area contributed by atoms with E-state index < -0.39 is 0 Å². The quantitative estimate of drug-likeness (QED) is 0.759. The van der Waals surface area contributed by atoms with E-state index in [2.05, 4.69) is 5.10 Å². The molecule has 3 rings (SSSR count). The van der Waals surface area contributed by atoms with Gasteiger partial charge < -0.3 is 4.90 Å². The van der Waals surface area contributed by atoms with Gasteiger partial charge in [0.1, 0.15) is 5.69 Å². The minimum absolute atomic E-state index is 0.0370. The SMILES string of the molecule is Cn1nc(C(=O)N2CC3CCCCC3C2)ccc1=O. The molecule has 1 aromatic rings. The van der Waals surface area contributed by atoms with Gasteiger partial charge in [0.15, 0.2) is 0 Å². The second-order valence-electron chi connectivity index (χ2n) is 5.70. The summed E-state index contributed by atoms with van der Waals surface area (Å²) < 4.78 is 1.22. The van der Waals surface area contributed by atoms with Gasteiger partial charge in [-0.05, 0) is 30.7 Å². The minimum atomic E-state index is -0.188. The van der Waals surface area contributed by atoms with Gasteiger partial charge >= 0.3 is 0 Å². The zero-order chi connectivity index (χ0) is 13.4. The first kappa shape index (κ1) is 12.4. The fraction of sp³-hybridized carbons (Fsp3) is 0.643. The third kappa shape index (κ3) is 2.29. The number of likely N-dealkylation sites (tertiary alicyclic amines) is 1. The van der Waals surface area contributed by atoms with E-state index in [1.54, 1.807) is 7.05 Å². The van der Waals surface area contributed by atoms with Crippen LogP contribution in [-0.4, -0.2) is 33.7 Å². The molecule has 2 aliphatic rings. The van der Waals surface area contributed by atoms with Crippen LogP contribution < -0.4 is 5.56 Å². The number of carbonyl (C=O) groups excluding carboxylic acids is 1. The molecule has 2 heterocycles. The van der Waals surface area contributed by atoms with Gasteiger partial charge in [0.25, 0.3) is 11.5 Å². The van der Waals surface area contributed by atoms with E-state index in [9.17, 15) is 9.59 Å². The molecule has 0 radical (unpaired) electrons. The van der Waals surface area contributed by atoms with Crippen LogP contribution in [0.15, 0.2) is 16.9 Å².